The number of hydrogen-bond acceptors (Lipinski definition) is 1. The van der Waals surface area contributed by atoms with Crippen molar-refractivity contribution in [3.63, 3.8) is 0 Å². The lowest BCUT2D eigenvalue weighted by Gasteiger charge is -2.37. The van der Waals surface area contributed by atoms with Crippen LogP contribution in [0.15, 0.2) is 0 Å². The molecule has 1 aliphatic heterocycles. The van der Waals surface area contributed by atoms with Crippen molar-refractivity contribution in [2.24, 2.45) is 5.41 Å². The van der Waals surface area contributed by atoms with Crippen LogP contribution in [0, 0.1) is 5.41 Å². The van der Waals surface area contributed by atoms with Gasteiger partial charge in [0.1, 0.15) is 0 Å². The van der Waals surface area contributed by atoms with Gasteiger partial charge in [-0.3, -0.25) is 0 Å². The maximum absolute atomic E-state index is 5.84. The van der Waals surface area contributed by atoms with Crippen molar-refractivity contribution in [3.05, 3.63) is 0 Å². The van der Waals surface area contributed by atoms with Gasteiger partial charge in [0.05, 0.1) is 0 Å². The van der Waals surface area contributed by atoms with E-state index in [4.69, 9.17) is 11.8 Å². The molecular weight excluding hydrogens is 134 g/mol. The van der Waals surface area contributed by atoms with E-state index in [2.05, 4.69) is 0 Å². The molecule has 1 aliphatic carbocycles. The van der Waals surface area contributed by atoms with E-state index >= 15 is 0 Å². The Bertz CT molecular complexity index is 120. The largest absolute Gasteiger partial charge is 0.220 e. The molecule has 0 radical (unpaired) electrons. The fourth-order valence-electron chi connectivity index (χ4n) is 1.97. The molecule has 1 spiro atoms. The lowest BCUT2D eigenvalue weighted by molar-refractivity contribution is 0.154. The van der Waals surface area contributed by atoms with Crippen LogP contribution >= 0.6 is 11.8 Å². The Morgan fingerprint density at radius 3 is 2.22 bits per heavy atom. The molecule has 0 amide bonds. The van der Waals surface area contributed by atoms with Gasteiger partial charge < -0.3 is 0 Å². The van der Waals surface area contributed by atoms with Crippen molar-refractivity contribution in [2.75, 3.05) is 13.1 Å². The van der Waals surface area contributed by atoms with Crippen molar-refractivity contribution in [3.8, 4) is 0 Å². The van der Waals surface area contributed by atoms with E-state index in [-0.39, 0.29) is 0 Å². The SMILES string of the molecule is ClN1CCC2(CCC2)C1. The zero-order chi connectivity index (χ0) is 6.32. The summed E-state index contributed by atoms with van der Waals surface area (Å²) < 4.78 is 1.94. The topological polar surface area (TPSA) is 3.24 Å². The van der Waals surface area contributed by atoms with E-state index in [1.54, 1.807) is 0 Å². The van der Waals surface area contributed by atoms with E-state index in [0.29, 0.717) is 5.41 Å². The molecule has 52 valence electrons. The monoisotopic (exact) mass is 145 g/mol. The molecule has 0 atom stereocenters. The summed E-state index contributed by atoms with van der Waals surface area (Å²) in [6.07, 6.45) is 5.63. The van der Waals surface area contributed by atoms with Gasteiger partial charge in [-0.05, 0) is 36.5 Å². The minimum absolute atomic E-state index is 0.682. The summed E-state index contributed by atoms with van der Waals surface area (Å²) in [6, 6.07) is 0. The summed E-state index contributed by atoms with van der Waals surface area (Å²) in [4.78, 5) is 0. The summed E-state index contributed by atoms with van der Waals surface area (Å²) in [5.41, 5.74) is 0.682. The molecule has 2 rings (SSSR count). The van der Waals surface area contributed by atoms with E-state index in [1.165, 1.54) is 25.7 Å². The molecule has 0 aromatic rings. The predicted molar refractivity (Wildman–Crippen MR) is 38.3 cm³/mol. The van der Waals surface area contributed by atoms with Gasteiger partial charge in [0.25, 0.3) is 0 Å². The second kappa shape index (κ2) is 1.86. The lowest BCUT2D eigenvalue weighted by Crippen LogP contribution is -2.30. The molecule has 1 heterocycles. The minimum Gasteiger partial charge on any atom is -0.220 e. The van der Waals surface area contributed by atoms with Gasteiger partial charge in [-0.25, -0.2) is 4.42 Å². The maximum Gasteiger partial charge on any atom is 0.0196 e. The van der Waals surface area contributed by atoms with Gasteiger partial charge >= 0.3 is 0 Å². The Morgan fingerprint density at radius 2 is 2.00 bits per heavy atom. The second-order valence-corrected chi connectivity index (χ2v) is 3.93. The third kappa shape index (κ3) is 0.870. The number of hydrogen-bond donors (Lipinski definition) is 0. The Morgan fingerprint density at radius 1 is 1.22 bits per heavy atom. The highest BCUT2D eigenvalue weighted by Gasteiger charge is 2.42. The molecule has 2 heteroatoms. The fraction of sp³-hybridized carbons (Fsp3) is 1.00. The maximum atomic E-state index is 5.84. The van der Waals surface area contributed by atoms with E-state index in [0.717, 1.165) is 13.1 Å². The summed E-state index contributed by atoms with van der Waals surface area (Å²) in [5, 5.41) is 0. The van der Waals surface area contributed by atoms with Gasteiger partial charge in [0, 0.05) is 13.1 Å². The highest BCUT2D eigenvalue weighted by atomic mass is 35.5. The van der Waals surface area contributed by atoms with Crippen LogP contribution in [0.5, 0.6) is 0 Å². The molecule has 1 saturated carbocycles. The third-order valence-electron chi connectivity index (χ3n) is 2.81. The molecule has 0 aromatic heterocycles. The third-order valence-corrected chi connectivity index (χ3v) is 3.09. The number of nitrogens with zero attached hydrogens (tertiary/aromatic N) is 1. The molecule has 0 aromatic carbocycles. The summed E-state index contributed by atoms with van der Waals surface area (Å²) in [7, 11) is 0. The van der Waals surface area contributed by atoms with Gasteiger partial charge in [-0.1, -0.05) is 6.42 Å². The first-order chi connectivity index (χ1) is 4.31. The molecule has 0 unspecified atom stereocenters. The Kier molecular flexibility index (Phi) is 1.24. The molecule has 9 heavy (non-hydrogen) atoms. The van der Waals surface area contributed by atoms with Crippen molar-refractivity contribution < 1.29 is 0 Å². The average Bonchev–Trinajstić information content (AvgIpc) is 2.09. The van der Waals surface area contributed by atoms with Gasteiger partial charge in [0.2, 0.25) is 0 Å². The van der Waals surface area contributed by atoms with E-state index in [9.17, 15) is 0 Å². The minimum atomic E-state index is 0.682. The van der Waals surface area contributed by atoms with Gasteiger partial charge in [-0.15, -0.1) is 0 Å². The van der Waals surface area contributed by atoms with Crippen LogP contribution in [0.4, 0.5) is 0 Å². The summed E-state index contributed by atoms with van der Waals surface area (Å²) in [6.45, 7) is 2.26. The van der Waals surface area contributed by atoms with Crippen LogP contribution in [-0.2, 0) is 0 Å². The first kappa shape index (κ1) is 5.99. The molecule has 2 fully saturated rings. The first-order valence-corrected chi connectivity index (χ1v) is 4.05. The number of halogens is 1. The Balaban J connectivity index is 1.99. The van der Waals surface area contributed by atoms with Crippen LogP contribution in [0.1, 0.15) is 25.7 Å². The molecule has 0 bridgehead atoms. The highest BCUT2D eigenvalue weighted by molar-refractivity contribution is 6.13. The average molecular weight is 146 g/mol. The van der Waals surface area contributed by atoms with Crippen LogP contribution < -0.4 is 0 Å². The Hall–Kier alpha value is 0.250. The van der Waals surface area contributed by atoms with Crippen molar-refractivity contribution >= 4 is 11.8 Å². The first-order valence-electron chi connectivity index (χ1n) is 3.72. The van der Waals surface area contributed by atoms with Gasteiger partial charge in [-0.2, -0.15) is 0 Å². The quantitative estimate of drug-likeness (QED) is 0.472. The molecular formula is C7H12ClN. The fourth-order valence-corrected chi connectivity index (χ4v) is 2.30. The normalized spacial score (nSPS) is 33.0. The zero-order valence-electron chi connectivity index (χ0n) is 5.57. The smallest absolute Gasteiger partial charge is 0.0196 e. The zero-order valence-corrected chi connectivity index (χ0v) is 6.32. The summed E-state index contributed by atoms with van der Waals surface area (Å²) >= 11 is 5.84. The lowest BCUT2D eigenvalue weighted by atomic mass is 9.68. The van der Waals surface area contributed by atoms with Crippen molar-refractivity contribution in [2.45, 2.75) is 25.7 Å². The van der Waals surface area contributed by atoms with Crippen molar-refractivity contribution in [1.29, 1.82) is 0 Å². The van der Waals surface area contributed by atoms with E-state index in [1.807, 2.05) is 4.42 Å². The molecule has 1 saturated heterocycles. The van der Waals surface area contributed by atoms with E-state index < -0.39 is 0 Å². The standard InChI is InChI=1S/C7H12ClN/c8-9-5-4-7(6-9)2-1-3-7/h1-6H2. The van der Waals surface area contributed by atoms with Crippen LogP contribution in [-0.4, -0.2) is 17.5 Å². The second-order valence-electron chi connectivity index (χ2n) is 3.45. The highest BCUT2D eigenvalue weighted by Crippen LogP contribution is 2.48. The van der Waals surface area contributed by atoms with Crippen LogP contribution in [0.3, 0.4) is 0 Å². The van der Waals surface area contributed by atoms with Crippen LogP contribution in [0.2, 0.25) is 0 Å². The van der Waals surface area contributed by atoms with Crippen LogP contribution in [0.25, 0.3) is 0 Å². The molecule has 1 nitrogen and oxygen atoms in total. The molecule has 2 aliphatic rings. The number of rotatable bonds is 0. The molecule has 0 N–H and O–H groups in total. The summed E-state index contributed by atoms with van der Waals surface area (Å²) in [5.74, 6) is 0. The Labute approximate surface area is 61.1 Å². The van der Waals surface area contributed by atoms with Gasteiger partial charge in [0.15, 0.2) is 0 Å². The van der Waals surface area contributed by atoms with Crippen molar-refractivity contribution in [1.82, 2.24) is 4.42 Å². The predicted octanol–water partition coefficient (Wildman–Crippen LogP) is 2.02.